The SMILES string of the molecule is c1ccc2c(c1)-c1ccccc1C21c2cc(-c3c4ccccc4c(-c4cc5ccccc5c5ccccc45)c4ccccc34)c3ccccc3c2-c2c1c1ccccc1c1ccccc21. The maximum atomic E-state index is 2.64. The molecule has 0 saturated carbocycles. The normalized spacial score (nSPS) is 13.4. The number of fused-ring (bicyclic) bond motifs is 22. The molecule has 0 heterocycles. The van der Waals surface area contributed by atoms with Crippen LogP contribution in [0.3, 0.4) is 0 Å². The molecule has 0 amide bonds. The molecule has 13 aromatic rings. The van der Waals surface area contributed by atoms with Gasteiger partial charge in [0.1, 0.15) is 0 Å². The molecule has 0 saturated heterocycles. The van der Waals surface area contributed by atoms with E-state index in [1.807, 2.05) is 0 Å². The molecule has 0 atom stereocenters. The molecule has 0 unspecified atom stereocenters. The van der Waals surface area contributed by atoms with Crippen molar-refractivity contribution in [3.63, 3.8) is 0 Å². The third-order valence-corrected chi connectivity index (χ3v) is 15.2. The van der Waals surface area contributed by atoms with Crippen LogP contribution in [0.5, 0.6) is 0 Å². The number of hydrogen-bond acceptors (Lipinski definition) is 0. The minimum Gasteiger partial charge on any atom is -0.0619 e. The van der Waals surface area contributed by atoms with E-state index in [-0.39, 0.29) is 0 Å². The zero-order chi connectivity index (χ0) is 42.4. The second-order valence-corrected chi connectivity index (χ2v) is 18.1. The highest BCUT2D eigenvalue weighted by Gasteiger charge is 2.53. The molecule has 2 aliphatic rings. The third kappa shape index (κ3) is 4.41. The number of rotatable bonds is 2. The van der Waals surface area contributed by atoms with E-state index in [4.69, 9.17) is 0 Å². The van der Waals surface area contributed by atoms with E-state index in [0.29, 0.717) is 0 Å². The summed E-state index contributed by atoms with van der Waals surface area (Å²) in [6.07, 6.45) is 0. The molecule has 0 heteroatoms. The Morgan fingerprint density at radius 1 is 0.200 bits per heavy atom. The van der Waals surface area contributed by atoms with E-state index in [2.05, 4.69) is 231 Å². The van der Waals surface area contributed by atoms with E-state index in [1.54, 1.807) is 0 Å². The van der Waals surface area contributed by atoms with Gasteiger partial charge in [0, 0.05) is 0 Å². The van der Waals surface area contributed by atoms with Crippen LogP contribution in [-0.4, -0.2) is 0 Å². The minimum atomic E-state index is -0.560. The van der Waals surface area contributed by atoms with Gasteiger partial charge in [-0.1, -0.05) is 218 Å². The Morgan fingerprint density at radius 3 is 1.08 bits per heavy atom. The van der Waals surface area contributed by atoms with Crippen molar-refractivity contribution < 1.29 is 0 Å². The van der Waals surface area contributed by atoms with Gasteiger partial charge in [-0.25, -0.2) is 0 Å². The molecule has 298 valence electrons. The highest BCUT2D eigenvalue weighted by molar-refractivity contribution is 6.29. The highest BCUT2D eigenvalue weighted by Crippen LogP contribution is 2.67. The molecule has 1 spiro atoms. The average Bonchev–Trinajstić information content (AvgIpc) is 3.86. The third-order valence-electron chi connectivity index (χ3n) is 15.2. The molecule has 15 rings (SSSR count). The lowest BCUT2D eigenvalue weighted by molar-refractivity contribution is 0.803. The summed E-state index contributed by atoms with van der Waals surface area (Å²) >= 11 is 0. The first-order valence-corrected chi connectivity index (χ1v) is 22.9. The fraction of sp³-hybridized carbons (Fsp3) is 0.0154. The van der Waals surface area contributed by atoms with Crippen LogP contribution in [0.2, 0.25) is 0 Å². The highest BCUT2D eigenvalue weighted by atomic mass is 14.5. The zero-order valence-corrected chi connectivity index (χ0v) is 35.4. The Kier molecular flexibility index (Phi) is 6.97. The summed E-state index contributed by atoms with van der Waals surface area (Å²) in [5.41, 5.74) is 15.4. The predicted molar refractivity (Wildman–Crippen MR) is 276 cm³/mol. The smallest absolute Gasteiger partial charge is 0.0619 e. The fourth-order valence-electron chi connectivity index (χ4n) is 12.8. The van der Waals surface area contributed by atoms with Crippen molar-refractivity contribution in [2.24, 2.45) is 0 Å². The average molecular weight is 819 g/mol. The van der Waals surface area contributed by atoms with E-state index in [9.17, 15) is 0 Å². The molecule has 13 aromatic carbocycles. The lowest BCUT2D eigenvalue weighted by Crippen LogP contribution is -2.26. The van der Waals surface area contributed by atoms with Gasteiger partial charge in [0.25, 0.3) is 0 Å². The molecule has 0 N–H and O–H groups in total. The first-order chi connectivity index (χ1) is 32.3. The van der Waals surface area contributed by atoms with Crippen molar-refractivity contribution in [2.45, 2.75) is 5.41 Å². The second-order valence-electron chi connectivity index (χ2n) is 18.1. The summed E-state index contributed by atoms with van der Waals surface area (Å²) < 4.78 is 0. The van der Waals surface area contributed by atoms with Crippen LogP contribution in [0.15, 0.2) is 231 Å². The van der Waals surface area contributed by atoms with Gasteiger partial charge in [-0.2, -0.15) is 0 Å². The molecule has 0 aromatic heterocycles. The van der Waals surface area contributed by atoms with Gasteiger partial charge in [-0.05, 0) is 154 Å². The van der Waals surface area contributed by atoms with Crippen LogP contribution in [-0.2, 0) is 5.41 Å². The van der Waals surface area contributed by atoms with Crippen molar-refractivity contribution >= 4 is 75.4 Å². The van der Waals surface area contributed by atoms with Crippen LogP contribution in [0.1, 0.15) is 22.3 Å². The first kappa shape index (κ1) is 35.2. The quantitative estimate of drug-likeness (QED) is 0.120. The van der Waals surface area contributed by atoms with E-state index < -0.39 is 5.41 Å². The Bertz CT molecular complexity index is 4140. The topological polar surface area (TPSA) is 0 Å². The van der Waals surface area contributed by atoms with Crippen molar-refractivity contribution in [2.75, 3.05) is 0 Å². The lowest BCUT2D eigenvalue weighted by Gasteiger charge is -2.32. The lowest BCUT2D eigenvalue weighted by atomic mass is 9.68. The summed E-state index contributed by atoms with van der Waals surface area (Å²) in [6.45, 7) is 0. The zero-order valence-electron chi connectivity index (χ0n) is 35.4. The number of benzene rings is 13. The van der Waals surface area contributed by atoms with Gasteiger partial charge < -0.3 is 0 Å². The van der Waals surface area contributed by atoms with E-state index in [1.165, 1.54) is 142 Å². The minimum absolute atomic E-state index is 0.560. The van der Waals surface area contributed by atoms with Crippen molar-refractivity contribution in [3.8, 4) is 44.5 Å². The molecule has 0 bridgehead atoms. The fourth-order valence-corrected chi connectivity index (χ4v) is 12.8. The molecule has 0 nitrogen and oxygen atoms in total. The Balaban J connectivity index is 1.15. The Morgan fingerprint density at radius 2 is 0.538 bits per heavy atom. The molecule has 2 aliphatic carbocycles. The largest absolute Gasteiger partial charge is 0.0732 e. The van der Waals surface area contributed by atoms with Gasteiger partial charge in [-0.3, -0.25) is 0 Å². The predicted octanol–water partition coefficient (Wildman–Crippen LogP) is 17.4. The summed E-state index contributed by atoms with van der Waals surface area (Å²) in [4.78, 5) is 0. The van der Waals surface area contributed by atoms with Gasteiger partial charge in [-0.15, -0.1) is 0 Å². The molecule has 0 fully saturated rings. The summed E-state index contributed by atoms with van der Waals surface area (Å²) in [6, 6.07) is 87.3. The first-order valence-electron chi connectivity index (χ1n) is 22.9. The summed E-state index contributed by atoms with van der Waals surface area (Å²) in [7, 11) is 0. The van der Waals surface area contributed by atoms with E-state index >= 15 is 0 Å². The standard InChI is InChI=1S/C65H38/c1-2-20-40-39(19-1)37-55(44-24-4-3-21-41(40)44)60-50-30-10-12-32-52(50)61(53-33-13-11-31-51(53)60)56-38-59-62(48-28-8-6-25-45(48)56)63-49-29-9-5-22-42(49)43-23-7-14-34-54(43)64(63)65(59)57-35-17-15-26-46(57)47-27-16-18-36-58(47)65/h1-38H. The molecule has 0 aliphatic heterocycles. The summed E-state index contributed by atoms with van der Waals surface area (Å²) in [5, 5.41) is 17.9. The molecular weight excluding hydrogens is 781 g/mol. The molecule has 65 heavy (non-hydrogen) atoms. The maximum absolute atomic E-state index is 2.64. The van der Waals surface area contributed by atoms with Crippen molar-refractivity contribution in [1.29, 1.82) is 0 Å². The van der Waals surface area contributed by atoms with Gasteiger partial charge in [0.15, 0.2) is 0 Å². The monoisotopic (exact) mass is 818 g/mol. The number of hydrogen-bond donors (Lipinski definition) is 0. The molecule has 0 radical (unpaired) electrons. The van der Waals surface area contributed by atoms with Crippen LogP contribution in [0.25, 0.3) is 120 Å². The molecular formula is C65H38. The van der Waals surface area contributed by atoms with Gasteiger partial charge in [0.05, 0.1) is 5.41 Å². The van der Waals surface area contributed by atoms with Crippen LogP contribution in [0, 0.1) is 0 Å². The van der Waals surface area contributed by atoms with Gasteiger partial charge >= 0.3 is 0 Å². The van der Waals surface area contributed by atoms with Crippen LogP contribution < -0.4 is 0 Å². The Hall–Kier alpha value is -8.32. The van der Waals surface area contributed by atoms with Crippen molar-refractivity contribution in [1.82, 2.24) is 0 Å². The van der Waals surface area contributed by atoms with Crippen LogP contribution >= 0.6 is 0 Å². The van der Waals surface area contributed by atoms with Crippen molar-refractivity contribution in [3.05, 3.63) is 253 Å². The second kappa shape index (κ2) is 12.9. The summed E-state index contributed by atoms with van der Waals surface area (Å²) in [5.74, 6) is 0. The maximum Gasteiger partial charge on any atom is 0.0732 e. The van der Waals surface area contributed by atoms with Gasteiger partial charge in [0.2, 0.25) is 0 Å². The van der Waals surface area contributed by atoms with Crippen LogP contribution in [0.4, 0.5) is 0 Å². The Labute approximate surface area is 376 Å². The van der Waals surface area contributed by atoms with E-state index in [0.717, 1.165) is 0 Å².